The van der Waals surface area contributed by atoms with Gasteiger partial charge in [0.25, 0.3) is 0 Å². The molecule has 3 rings (SSSR count). The molecule has 1 aromatic rings. The summed E-state index contributed by atoms with van der Waals surface area (Å²) in [5.41, 5.74) is 1.51. The number of nitrogens with zero attached hydrogens (tertiary/aromatic N) is 2. The van der Waals surface area contributed by atoms with Crippen molar-refractivity contribution in [3.05, 3.63) is 18.2 Å². The molecule has 2 aliphatic rings. The zero-order chi connectivity index (χ0) is 12.4. The predicted molar refractivity (Wildman–Crippen MR) is 70.8 cm³/mol. The summed E-state index contributed by atoms with van der Waals surface area (Å²) in [5.74, 6) is 0.660. The van der Waals surface area contributed by atoms with Crippen LogP contribution >= 0.6 is 0 Å². The highest BCUT2D eigenvalue weighted by Gasteiger charge is 2.32. The number of nitrogens with one attached hydrogen (secondary N) is 1. The van der Waals surface area contributed by atoms with E-state index in [0.29, 0.717) is 5.92 Å². The van der Waals surface area contributed by atoms with Gasteiger partial charge in [-0.05, 0) is 45.7 Å². The zero-order valence-electron chi connectivity index (χ0n) is 11.2. The first-order valence-corrected chi connectivity index (χ1v) is 7.11. The fourth-order valence-electron chi connectivity index (χ4n) is 3.29. The Morgan fingerprint density at radius 2 is 2.28 bits per heavy atom. The van der Waals surface area contributed by atoms with Crippen LogP contribution in [-0.4, -0.2) is 35.9 Å². The van der Waals surface area contributed by atoms with E-state index < -0.39 is 0 Å². The Labute approximate surface area is 109 Å². The van der Waals surface area contributed by atoms with Gasteiger partial charge in [-0.15, -0.1) is 0 Å². The van der Waals surface area contributed by atoms with E-state index in [1.165, 1.54) is 25.0 Å². The first kappa shape index (κ1) is 12.2. The lowest BCUT2D eigenvalue weighted by atomic mass is 9.90. The van der Waals surface area contributed by atoms with Crippen molar-refractivity contribution in [3.8, 4) is 0 Å². The Balaban J connectivity index is 1.85. The second-order valence-corrected chi connectivity index (χ2v) is 5.87. The molecule has 3 heterocycles. The predicted octanol–water partition coefficient (Wildman–Crippen LogP) is 1.88. The van der Waals surface area contributed by atoms with Crippen LogP contribution in [0.5, 0.6) is 0 Å². The van der Waals surface area contributed by atoms with Crippen LogP contribution in [0.15, 0.2) is 12.5 Å². The Hall–Kier alpha value is -0.870. The molecule has 0 aliphatic carbocycles. The molecule has 1 N–H and O–H groups in total. The van der Waals surface area contributed by atoms with Crippen LogP contribution in [0, 0.1) is 0 Å². The quantitative estimate of drug-likeness (QED) is 0.870. The molecule has 2 saturated heterocycles. The van der Waals surface area contributed by atoms with Gasteiger partial charge in [0.05, 0.1) is 18.5 Å². The highest BCUT2D eigenvalue weighted by molar-refractivity contribution is 5.11. The molecule has 2 aliphatic heterocycles. The van der Waals surface area contributed by atoms with Gasteiger partial charge >= 0.3 is 0 Å². The molecular weight excluding hydrogens is 226 g/mol. The number of rotatable bonds is 2. The minimum absolute atomic E-state index is 0.106. The molecule has 0 saturated carbocycles. The molecule has 0 spiro atoms. The van der Waals surface area contributed by atoms with Gasteiger partial charge in [0, 0.05) is 24.4 Å². The number of piperidine rings is 1. The second-order valence-electron chi connectivity index (χ2n) is 5.87. The third-order valence-electron chi connectivity index (χ3n) is 4.42. The normalized spacial score (nSPS) is 30.5. The highest BCUT2D eigenvalue weighted by Crippen LogP contribution is 2.33. The van der Waals surface area contributed by atoms with Crippen molar-refractivity contribution in [2.24, 2.45) is 0 Å². The van der Waals surface area contributed by atoms with Gasteiger partial charge in [0.1, 0.15) is 0 Å². The number of imidazole rings is 1. The minimum Gasteiger partial charge on any atom is -0.379 e. The molecule has 2 fully saturated rings. The molecule has 0 amide bonds. The van der Waals surface area contributed by atoms with Gasteiger partial charge in [-0.3, -0.25) is 0 Å². The van der Waals surface area contributed by atoms with Crippen LogP contribution in [0.3, 0.4) is 0 Å². The number of hydrogen-bond acceptors (Lipinski definition) is 3. The summed E-state index contributed by atoms with van der Waals surface area (Å²) in [4.78, 5) is 4.40. The summed E-state index contributed by atoms with van der Waals surface area (Å²) in [6, 6.07) is 0. The van der Waals surface area contributed by atoms with Crippen LogP contribution in [-0.2, 0) is 10.3 Å². The van der Waals surface area contributed by atoms with Crippen LogP contribution in [0.25, 0.3) is 0 Å². The Bertz CT molecular complexity index is 389. The molecular formula is C14H23N3O. The maximum atomic E-state index is 5.69. The van der Waals surface area contributed by atoms with Gasteiger partial charge in [0.15, 0.2) is 0 Å². The Morgan fingerprint density at radius 3 is 3.00 bits per heavy atom. The van der Waals surface area contributed by atoms with E-state index in [-0.39, 0.29) is 5.54 Å². The Morgan fingerprint density at radius 1 is 1.44 bits per heavy atom. The van der Waals surface area contributed by atoms with Gasteiger partial charge in [-0.2, -0.15) is 0 Å². The fourth-order valence-corrected chi connectivity index (χ4v) is 3.29. The van der Waals surface area contributed by atoms with E-state index in [1.54, 1.807) is 0 Å². The van der Waals surface area contributed by atoms with Crippen molar-refractivity contribution >= 4 is 0 Å². The van der Waals surface area contributed by atoms with Crippen molar-refractivity contribution < 1.29 is 4.74 Å². The van der Waals surface area contributed by atoms with E-state index in [2.05, 4.69) is 28.0 Å². The van der Waals surface area contributed by atoms with Crippen LogP contribution < -0.4 is 5.32 Å². The van der Waals surface area contributed by atoms with Gasteiger partial charge < -0.3 is 14.6 Å². The van der Waals surface area contributed by atoms with Crippen molar-refractivity contribution in [1.82, 2.24) is 14.9 Å². The Kier molecular flexibility index (Phi) is 3.39. The maximum Gasteiger partial charge on any atom is 0.0954 e. The lowest BCUT2D eigenvalue weighted by molar-refractivity contribution is 0.00763. The van der Waals surface area contributed by atoms with E-state index in [1.807, 2.05) is 6.33 Å². The molecule has 1 atom stereocenters. The van der Waals surface area contributed by atoms with E-state index in [4.69, 9.17) is 4.74 Å². The highest BCUT2D eigenvalue weighted by atomic mass is 16.5. The van der Waals surface area contributed by atoms with E-state index in [9.17, 15) is 0 Å². The second kappa shape index (κ2) is 5.02. The number of hydrogen-bond donors (Lipinski definition) is 1. The summed E-state index contributed by atoms with van der Waals surface area (Å²) in [6.45, 7) is 6.29. The van der Waals surface area contributed by atoms with E-state index in [0.717, 1.165) is 32.7 Å². The lowest BCUT2D eigenvalue weighted by Gasteiger charge is -2.37. The average Bonchev–Trinajstić information content (AvgIpc) is 2.91. The topological polar surface area (TPSA) is 39.1 Å². The standard InChI is InChI=1S/C14H23N3O/c1-14(5-2-8-18-10-14)17-11-16-9-13(17)12-3-6-15-7-4-12/h9,11-12,15H,2-8,10H2,1H3. The molecule has 18 heavy (non-hydrogen) atoms. The third-order valence-corrected chi connectivity index (χ3v) is 4.42. The molecule has 4 nitrogen and oxygen atoms in total. The lowest BCUT2D eigenvalue weighted by Crippen LogP contribution is -2.40. The summed E-state index contributed by atoms with van der Waals surface area (Å²) >= 11 is 0. The van der Waals surface area contributed by atoms with Crippen molar-refractivity contribution in [3.63, 3.8) is 0 Å². The smallest absolute Gasteiger partial charge is 0.0954 e. The molecule has 4 heteroatoms. The minimum atomic E-state index is 0.106. The summed E-state index contributed by atoms with van der Waals surface area (Å²) in [5, 5.41) is 3.43. The number of aromatic nitrogens is 2. The van der Waals surface area contributed by atoms with Gasteiger partial charge in [-0.25, -0.2) is 4.98 Å². The van der Waals surface area contributed by atoms with Gasteiger partial charge in [0.2, 0.25) is 0 Å². The first-order valence-electron chi connectivity index (χ1n) is 7.11. The van der Waals surface area contributed by atoms with Crippen LogP contribution in [0.2, 0.25) is 0 Å². The summed E-state index contributed by atoms with van der Waals surface area (Å²) < 4.78 is 8.08. The van der Waals surface area contributed by atoms with Crippen LogP contribution in [0.1, 0.15) is 44.2 Å². The van der Waals surface area contributed by atoms with E-state index >= 15 is 0 Å². The number of ether oxygens (including phenoxy) is 1. The molecule has 0 aromatic carbocycles. The first-order chi connectivity index (χ1) is 8.80. The molecule has 0 radical (unpaired) electrons. The maximum absolute atomic E-state index is 5.69. The zero-order valence-corrected chi connectivity index (χ0v) is 11.2. The van der Waals surface area contributed by atoms with Gasteiger partial charge in [-0.1, -0.05) is 0 Å². The van der Waals surface area contributed by atoms with Crippen molar-refractivity contribution in [2.75, 3.05) is 26.3 Å². The third kappa shape index (κ3) is 2.19. The molecule has 100 valence electrons. The molecule has 0 bridgehead atoms. The molecule has 1 aromatic heterocycles. The molecule has 1 unspecified atom stereocenters. The largest absolute Gasteiger partial charge is 0.379 e. The monoisotopic (exact) mass is 249 g/mol. The average molecular weight is 249 g/mol. The SMILES string of the molecule is CC1(n2cncc2C2CCNCC2)CCCOC1. The van der Waals surface area contributed by atoms with Crippen molar-refractivity contribution in [1.29, 1.82) is 0 Å². The summed E-state index contributed by atoms with van der Waals surface area (Å²) in [7, 11) is 0. The van der Waals surface area contributed by atoms with Crippen molar-refractivity contribution in [2.45, 2.75) is 44.1 Å². The van der Waals surface area contributed by atoms with Crippen LogP contribution in [0.4, 0.5) is 0 Å². The summed E-state index contributed by atoms with van der Waals surface area (Å²) in [6.07, 6.45) is 8.87. The fraction of sp³-hybridized carbons (Fsp3) is 0.786.